The van der Waals surface area contributed by atoms with E-state index in [-0.39, 0.29) is 61.3 Å². The summed E-state index contributed by atoms with van der Waals surface area (Å²) in [5.74, 6) is -1.98. The number of fused-ring (bicyclic) bond motifs is 2. The molecule has 3 aliphatic rings. The number of nitrogens with zero attached hydrogens (tertiary/aromatic N) is 3. The number of likely N-dealkylation sites (N-methyl/N-ethyl adjacent to an activating group) is 1. The highest BCUT2D eigenvalue weighted by Gasteiger charge is 2.46. The third-order valence-corrected chi connectivity index (χ3v) is 15.3. The highest BCUT2D eigenvalue weighted by Crippen LogP contribution is 2.33. The molecule has 2 aliphatic heterocycles. The Hall–Kier alpha value is -6.87. The van der Waals surface area contributed by atoms with Crippen molar-refractivity contribution in [3.63, 3.8) is 0 Å². The lowest BCUT2D eigenvalue weighted by Crippen LogP contribution is -2.61. The maximum absolute atomic E-state index is 15.0. The molecule has 15 nitrogen and oxygen atoms in total. The summed E-state index contributed by atoms with van der Waals surface area (Å²) in [5, 5.41) is 15.0. The van der Waals surface area contributed by atoms with E-state index in [4.69, 9.17) is 0 Å². The third kappa shape index (κ3) is 12.5. The number of rotatable bonds is 16. The first-order valence-corrected chi connectivity index (χ1v) is 26.1. The average Bonchev–Trinajstić information content (AvgIpc) is 3.80. The van der Waals surface area contributed by atoms with E-state index in [0.29, 0.717) is 24.9 Å². The number of hydrogen-bond donors (Lipinski definition) is 5. The number of aryl methyl sites for hydroxylation is 2. The van der Waals surface area contributed by atoms with Crippen LogP contribution in [0.15, 0.2) is 91.0 Å². The molecule has 15 heteroatoms. The van der Waals surface area contributed by atoms with Crippen LogP contribution in [-0.4, -0.2) is 113 Å². The molecule has 1 aliphatic carbocycles. The van der Waals surface area contributed by atoms with Crippen molar-refractivity contribution >= 4 is 41.9 Å². The maximum atomic E-state index is 15.0. The third-order valence-electron chi connectivity index (χ3n) is 15.3. The Balaban J connectivity index is 1.13. The van der Waals surface area contributed by atoms with E-state index in [1.807, 2.05) is 115 Å². The van der Waals surface area contributed by atoms with Crippen molar-refractivity contribution in [2.24, 2.45) is 10.8 Å². The second kappa shape index (κ2) is 23.1. The van der Waals surface area contributed by atoms with Gasteiger partial charge < -0.3 is 41.3 Å². The van der Waals surface area contributed by atoms with Crippen molar-refractivity contribution < 1.29 is 33.6 Å². The first kappa shape index (κ1) is 54.9. The monoisotopic (exact) mass is 1010 g/mol. The van der Waals surface area contributed by atoms with E-state index in [2.05, 4.69) is 38.7 Å². The Morgan fingerprint density at radius 2 is 1.39 bits per heavy atom. The van der Waals surface area contributed by atoms with Gasteiger partial charge in [0.25, 0.3) is 11.8 Å². The molecule has 7 unspecified atom stereocenters. The minimum absolute atomic E-state index is 0.0457. The zero-order valence-corrected chi connectivity index (χ0v) is 44.8. The Bertz CT molecular complexity index is 2730. The van der Waals surface area contributed by atoms with Gasteiger partial charge in [0.2, 0.25) is 30.0 Å². The number of carbonyl (C=O) groups is 7. The summed E-state index contributed by atoms with van der Waals surface area (Å²) >= 11 is 0. The van der Waals surface area contributed by atoms with Crippen LogP contribution in [0.4, 0.5) is 0 Å². The van der Waals surface area contributed by atoms with Crippen LogP contribution in [0.3, 0.4) is 0 Å². The number of benzene rings is 4. The molecule has 0 saturated carbocycles. The Kier molecular flexibility index (Phi) is 17.2. The zero-order chi connectivity index (χ0) is 53.6. The molecular weight excluding hydrogens is 933 g/mol. The molecule has 0 spiro atoms. The van der Waals surface area contributed by atoms with Gasteiger partial charge in [-0.2, -0.15) is 0 Å². The number of nitrogens with one attached hydrogen (secondary N) is 5. The molecule has 5 N–H and O–H groups in total. The van der Waals surface area contributed by atoms with Crippen molar-refractivity contribution in [3.05, 3.63) is 141 Å². The quantitative estimate of drug-likeness (QED) is 0.0834. The van der Waals surface area contributed by atoms with Crippen molar-refractivity contribution in [2.45, 2.75) is 150 Å². The number of carbonyl (C=O) groups excluding carboxylic acids is 7. The molecule has 4 aromatic rings. The van der Waals surface area contributed by atoms with Crippen LogP contribution >= 0.6 is 0 Å². The molecular formula is C59H76N8O7. The summed E-state index contributed by atoms with van der Waals surface area (Å²) in [7, 11) is 1.70. The molecule has 7 amide bonds. The van der Waals surface area contributed by atoms with Crippen LogP contribution in [0.1, 0.15) is 133 Å². The Labute approximate surface area is 437 Å². The SMILES string of the molecule is CNC(C)C(=O)NC(C(=O)N1Cc2ccccc2CC1CN(Cc1cccc(C)c1C)C(=O)c1ccc(C(=O)NC2CC(C(=O)NC3CCCc4ccccc43)N(C(=O)C(NC=O)C(C)(C)C)C2)cc1)C(C)(C)C. The smallest absolute Gasteiger partial charge is 0.254 e. The van der Waals surface area contributed by atoms with Crippen LogP contribution in [-0.2, 0) is 49.9 Å². The molecule has 0 bridgehead atoms. The van der Waals surface area contributed by atoms with E-state index in [1.54, 1.807) is 43.1 Å². The second-order valence-electron chi connectivity index (χ2n) is 22.7. The van der Waals surface area contributed by atoms with E-state index in [9.17, 15) is 33.6 Å². The number of likely N-dealkylation sites (tertiary alicyclic amines) is 1. The number of amides is 7. The standard InChI is InChI=1S/C59H76N8O7/c1-36-17-15-22-43(37(36)2)31-65(34-46-29-42-19-11-12-20-44(42)32-66(46)57(74)51(59(7,8)9)64-52(69)38(3)60-10)55(72)41-27-25-40(26-28-41)53(70)62-45-30-49(67(33-45)56(73)50(61-35-68)58(4,5)6)54(71)63-48-24-16-21-39-18-13-14-23-47(39)48/h11-15,17-20,22-23,25-28,35,38,45-46,48-51,60H,16,21,24,29-34H2,1-10H3,(H,61,68)(H,62,70)(H,63,71)(H,64,69). The number of hydrogen-bond acceptors (Lipinski definition) is 8. The summed E-state index contributed by atoms with van der Waals surface area (Å²) < 4.78 is 0. The molecule has 0 radical (unpaired) electrons. The highest BCUT2D eigenvalue weighted by molar-refractivity contribution is 5.98. The lowest BCUT2D eigenvalue weighted by molar-refractivity contribution is -0.143. The lowest BCUT2D eigenvalue weighted by Gasteiger charge is -2.43. The molecule has 0 aromatic heterocycles. The van der Waals surface area contributed by atoms with Gasteiger partial charge in [0.05, 0.1) is 18.1 Å². The predicted octanol–water partition coefficient (Wildman–Crippen LogP) is 6.09. The van der Waals surface area contributed by atoms with E-state index in [0.717, 1.165) is 52.6 Å². The van der Waals surface area contributed by atoms with Crippen molar-refractivity contribution in [2.75, 3.05) is 20.1 Å². The Morgan fingerprint density at radius 1 is 0.757 bits per heavy atom. The van der Waals surface area contributed by atoms with Crippen LogP contribution in [0.25, 0.3) is 0 Å². The molecule has 1 fully saturated rings. The molecule has 394 valence electrons. The van der Waals surface area contributed by atoms with Gasteiger partial charge in [-0.3, -0.25) is 33.6 Å². The van der Waals surface area contributed by atoms with E-state index >= 15 is 0 Å². The second-order valence-corrected chi connectivity index (χ2v) is 22.7. The molecule has 74 heavy (non-hydrogen) atoms. The summed E-state index contributed by atoms with van der Waals surface area (Å²) in [6.45, 7) is 17.9. The van der Waals surface area contributed by atoms with Crippen LogP contribution in [0, 0.1) is 24.7 Å². The molecule has 1 saturated heterocycles. The van der Waals surface area contributed by atoms with E-state index < -0.39 is 58.9 Å². The van der Waals surface area contributed by atoms with Gasteiger partial charge in [-0.25, -0.2) is 0 Å². The fourth-order valence-electron chi connectivity index (χ4n) is 10.6. The van der Waals surface area contributed by atoms with Gasteiger partial charge >= 0.3 is 0 Å². The lowest BCUT2D eigenvalue weighted by atomic mass is 9.84. The first-order chi connectivity index (χ1) is 35.1. The summed E-state index contributed by atoms with van der Waals surface area (Å²) in [6.07, 6.45) is 3.73. The topological polar surface area (TPSA) is 189 Å². The highest BCUT2D eigenvalue weighted by atomic mass is 16.2. The average molecular weight is 1010 g/mol. The van der Waals surface area contributed by atoms with Crippen LogP contribution in [0.5, 0.6) is 0 Å². The van der Waals surface area contributed by atoms with Crippen LogP contribution in [0.2, 0.25) is 0 Å². The maximum Gasteiger partial charge on any atom is 0.254 e. The molecule has 7 rings (SSSR count). The summed E-state index contributed by atoms with van der Waals surface area (Å²) in [5.41, 5.74) is 6.73. The normalized spacial score (nSPS) is 19.7. The first-order valence-electron chi connectivity index (χ1n) is 26.1. The van der Waals surface area contributed by atoms with E-state index in [1.165, 1.54) is 10.5 Å². The Morgan fingerprint density at radius 3 is 2.05 bits per heavy atom. The van der Waals surface area contributed by atoms with Crippen molar-refractivity contribution in [1.29, 1.82) is 0 Å². The van der Waals surface area contributed by atoms with Gasteiger partial charge in [-0.15, -0.1) is 0 Å². The largest absolute Gasteiger partial charge is 0.347 e. The fourth-order valence-corrected chi connectivity index (χ4v) is 10.6. The molecule has 7 atom stereocenters. The van der Waals surface area contributed by atoms with Gasteiger partial charge in [-0.1, -0.05) is 108 Å². The van der Waals surface area contributed by atoms with Crippen LogP contribution < -0.4 is 26.6 Å². The minimum atomic E-state index is -0.919. The summed E-state index contributed by atoms with van der Waals surface area (Å²) in [6, 6.07) is 24.0. The predicted molar refractivity (Wildman–Crippen MR) is 286 cm³/mol. The van der Waals surface area contributed by atoms with Gasteiger partial charge in [-0.05, 0) is 134 Å². The minimum Gasteiger partial charge on any atom is -0.347 e. The van der Waals surface area contributed by atoms with Gasteiger partial charge in [0.15, 0.2) is 0 Å². The summed E-state index contributed by atoms with van der Waals surface area (Å²) in [4.78, 5) is 103. The zero-order valence-electron chi connectivity index (χ0n) is 44.8. The van der Waals surface area contributed by atoms with Gasteiger partial charge in [0.1, 0.15) is 18.1 Å². The van der Waals surface area contributed by atoms with Crippen molar-refractivity contribution in [3.8, 4) is 0 Å². The van der Waals surface area contributed by atoms with Gasteiger partial charge in [0, 0.05) is 43.3 Å². The molecule has 2 heterocycles. The molecule has 4 aromatic carbocycles. The fraction of sp³-hybridized carbons (Fsp3) is 0.475. The van der Waals surface area contributed by atoms with Crippen molar-refractivity contribution in [1.82, 2.24) is 41.3 Å².